The highest BCUT2D eigenvalue weighted by atomic mass is 79.9. The van der Waals surface area contributed by atoms with Gasteiger partial charge in [-0.05, 0) is 28.1 Å². The Kier molecular flexibility index (Phi) is 5.54. The molecular weight excluding hydrogens is 380 g/mol. The van der Waals surface area contributed by atoms with Crippen LogP contribution in [0.4, 0.5) is 17.3 Å². The van der Waals surface area contributed by atoms with Crippen LogP contribution in [0.5, 0.6) is 0 Å². The molecule has 0 bridgehead atoms. The minimum Gasteiger partial charge on any atom is -0.329 e. The second-order valence-corrected chi connectivity index (χ2v) is 5.21. The van der Waals surface area contributed by atoms with E-state index < -0.39 is 10.8 Å². The number of non-ortho nitro benzene ring substituents is 1. The third kappa shape index (κ3) is 4.59. The van der Waals surface area contributed by atoms with Crippen molar-refractivity contribution in [1.29, 1.82) is 5.26 Å². The molecule has 0 saturated carbocycles. The maximum Gasteiger partial charge on any atom is 0.269 e. The molecule has 2 rings (SSSR count). The first-order valence-corrected chi connectivity index (χ1v) is 7.19. The summed E-state index contributed by atoms with van der Waals surface area (Å²) in [6.07, 6.45) is 4.18. The zero-order chi connectivity index (χ0) is 17.5. The van der Waals surface area contributed by atoms with Gasteiger partial charge >= 0.3 is 0 Å². The predicted octanol–water partition coefficient (Wildman–Crippen LogP) is 2.61. The van der Waals surface area contributed by atoms with Crippen LogP contribution in [-0.4, -0.2) is 20.8 Å². The third-order valence-corrected chi connectivity index (χ3v) is 3.08. The lowest BCUT2D eigenvalue weighted by Gasteiger charge is -2.04. The van der Waals surface area contributed by atoms with E-state index in [1.165, 1.54) is 42.9 Å². The molecule has 0 radical (unpaired) electrons. The molecule has 0 aliphatic heterocycles. The summed E-state index contributed by atoms with van der Waals surface area (Å²) < 4.78 is 0.688. The second kappa shape index (κ2) is 7.80. The van der Waals surface area contributed by atoms with Gasteiger partial charge in [0, 0.05) is 36.4 Å². The number of hydrogen-bond donors (Lipinski definition) is 2. The van der Waals surface area contributed by atoms with Crippen LogP contribution in [0, 0.1) is 21.4 Å². The topological polar surface area (TPSA) is 134 Å². The second-order valence-electron chi connectivity index (χ2n) is 4.30. The number of anilines is 2. The number of carbonyl (C=O) groups excluding carboxylic acids is 1. The van der Waals surface area contributed by atoms with Crippen LogP contribution < -0.4 is 10.6 Å². The molecule has 24 heavy (non-hydrogen) atoms. The predicted molar refractivity (Wildman–Crippen MR) is 88.8 cm³/mol. The van der Waals surface area contributed by atoms with E-state index >= 15 is 0 Å². The van der Waals surface area contributed by atoms with Gasteiger partial charge in [0.2, 0.25) is 5.95 Å². The van der Waals surface area contributed by atoms with E-state index in [4.69, 9.17) is 5.26 Å². The van der Waals surface area contributed by atoms with Crippen molar-refractivity contribution in [2.75, 3.05) is 10.6 Å². The molecule has 0 saturated heterocycles. The molecule has 0 aliphatic rings. The van der Waals surface area contributed by atoms with Crippen molar-refractivity contribution in [2.24, 2.45) is 0 Å². The number of nitrogens with one attached hydrogen (secondary N) is 2. The number of nitro groups is 1. The summed E-state index contributed by atoms with van der Waals surface area (Å²) in [4.78, 5) is 29.9. The standard InChI is InChI=1S/C14H9BrN6O3/c15-10-7-18-14(19-8-10)17-6-9(5-16)13(22)20-11-1-3-12(4-2-11)21(23)24/h1-4,6-8H,(H,20,22)(H,17,18,19)/b9-6-. The summed E-state index contributed by atoms with van der Waals surface area (Å²) in [6.45, 7) is 0. The van der Waals surface area contributed by atoms with Crippen LogP contribution in [0.1, 0.15) is 0 Å². The van der Waals surface area contributed by atoms with Crippen LogP contribution in [0.25, 0.3) is 0 Å². The lowest BCUT2D eigenvalue weighted by molar-refractivity contribution is -0.384. The van der Waals surface area contributed by atoms with Crippen LogP contribution in [-0.2, 0) is 4.79 Å². The van der Waals surface area contributed by atoms with Gasteiger partial charge in [0.25, 0.3) is 11.6 Å². The fourth-order valence-corrected chi connectivity index (χ4v) is 1.74. The first kappa shape index (κ1) is 17.0. The quantitative estimate of drug-likeness (QED) is 0.347. The number of rotatable bonds is 5. The van der Waals surface area contributed by atoms with Gasteiger partial charge in [-0.25, -0.2) is 9.97 Å². The summed E-state index contributed by atoms with van der Waals surface area (Å²) in [5.74, 6) is -0.454. The Morgan fingerprint density at radius 2 is 1.92 bits per heavy atom. The van der Waals surface area contributed by atoms with E-state index in [2.05, 4.69) is 36.5 Å². The van der Waals surface area contributed by atoms with E-state index in [0.29, 0.717) is 10.2 Å². The third-order valence-electron chi connectivity index (χ3n) is 2.67. The van der Waals surface area contributed by atoms with E-state index in [0.717, 1.165) is 0 Å². The fraction of sp³-hybridized carbons (Fsp3) is 0. The number of carbonyl (C=O) groups is 1. The lowest BCUT2D eigenvalue weighted by Crippen LogP contribution is -2.14. The number of nitrogens with zero attached hydrogens (tertiary/aromatic N) is 4. The van der Waals surface area contributed by atoms with Crippen molar-refractivity contribution in [2.45, 2.75) is 0 Å². The van der Waals surface area contributed by atoms with E-state index in [1.54, 1.807) is 6.07 Å². The minimum atomic E-state index is -0.670. The molecular formula is C14H9BrN6O3. The zero-order valence-electron chi connectivity index (χ0n) is 11.9. The SMILES string of the molecule is N#C/C(=C/Nc1ncc(Br)cn1)C(=O)Nc1ccc([N+](=O)[O-])cc1. The van der Waals surface area contributed by atoms with E-state index in [9.17, 15) is 14.9 Å². The molecule has 2 aromatic rings. The molecule has 1 aromatic heterocycles. The monoisotopic (exact) mass is 388 g/mol. The van der Waals surface area contributed by atoms with Gasteiger partial charge in [-0.1, -0.05) is 0 Å². The van der Waals surface area contributed by atoms with Gasteiger partial charge in [-0.3, -0.25) is 14.9 Å². The van der Waals surface area contributed by atoms with E-state index in [1.807, 2.05) is 0 Å². The van der Waals surface area contributed by atoms with Crippen molar-refractivity contribution < 1.29 is 9.72 Å². The van der Waals surface area contributed by atoms with Gasteiger partial charge in [0.05, 0.1) is 9.40 Å². The van der Waals surface area contributed by atoms with Gasteiger partial charge in [-0.2, -0.15) is 5.26 Å². The Labute approximate surface area is 144 Å². The molecule has 0 spiro atoms. The summed E-state index contributed by atoms with van der Waals surface area (Å²) in [5.41, 5.74) is 0.0182. The summed E-state index contributed by atoms with van der Waals surface area (Å²) in [6, 6.07) is 6.99. The first-order valence-electron chi connectivity index (χ1n) is 6.40. The van der Waals surface area contributed by atoms with Crippen molar-refractivity contribution >= 4 is 39.2 Å². The fourth-order valence-electron chi connectivity index (χ4n) is 1.54. The van der Waals surface area contributed by atoms with Crippen molar-refractivity contribution in [1.82, 2.24) is 9.97 Å². The Bertz CT molecular complexity index is 827. The lowest BCUT2D eigenvalue weighted by atomic mass is 10.2. The Hall–Kier alpha value is -3.32. The van der Waals surface area contributed by atoms with Gasteiger partial charge in [0.15, 0.2) is 0 Å². The largest absolute Gasteiger partial charge is 0.329 e. The van der Waals surface area contributed by atoms with Gasteiger partial charge < -0.3 is 10.6 Å². The highest BCUT2D eigenvalue weighted by Gasteiger charge is 2.11. The van der Waals surface area contributed by atoms with Crippen LogP contribution >= 0.6 is 15.9 Å². The molecule has 1 aromatic carbocycles. The summed E-state index contributed by atoms with van der Waals surface area (Å²) >= 11 is 3.19. The zero-order valence-corrected chi connectivity index (χ0v) is 13.5. The number of nitriles is 1. The molecule has 9 nitrogen and oxygen atoms in total. The number of halogens is 1. The molecule has 10 heteroatoms. The molecule has 2 N–H and O–H groups in total. The highest BCUT2D eigenvalue weighted by Crippen LogP contribution is 2.16. The maximum atomic E-state index is 12.0. The van der Waals surface area contributed by atoms with Crippen LogP contribution in [0.15, 0.2) is 52.9 Å². The van der Waals surface area contributed by atoms with Gasteiger partial charge in [-0.15, -0.1) is 0 Å². The molecule has 0 unspecified atom stereocenters. The maximum absolute atomic E-state index is 12.0. The number of nitro benzene ring substituents is 1. The van der Waals surface area contributed by atoms with Crippen LogP contribution in [0.2, 0.25) is 0 Å². The van der Waals surface area contributed by atoms with Crippen LogP contribution in [0.3, 0.4) is 0 Å². The number of hydrogen-bond acceptors (Lipinski definition) is 7. The average molecular weight is 389 g/mol. The highest BCUT2D eigenvalue weighted by molar-refractivity contribution is 9.10. The minimum absolute atomic E-state index is 0.0990. The van der Waals surface area contributed by atoms with Crippen molar-refractivity contribution in [3.05, 3.63) is 63.0 Å². The van der Waals surface area contributed by atoms with Crippen molar-refractivity contribution in [3.63, 3.8) is 0 Å². The van der Waals surface area contributed by atoms with Gasteiger partial charge in [0.1, 0.15) is 11.6 Å². The molecule has 1 amide bonds. The first-order chi connectivity index (χ1) is 11.5. The van der Waals surface area contributed by atoms with E-state index in [-0.39, 0.29) is 17.2 Å². The Morgan fingerprint density at radius 1 is 1.29 bits per heavy atom. The Morgan fingerprint density at radius 3 is 2.46 bits per heavy atom. The van der Waals surface area contributed by atoms with Crippen molar-refractivity contribution in [3.8, 4) is 6.07 Å². The number of amides is 1. The molecule has 0 aliphatic carbocycles. The normalized spacial score (nSPS) is 10.6. The molecule has 1 heterocycles. The summed E-state index contributed by atoms with van der Waals surface area (Å²) in [7, 11) is 0. The summed E-state index contributed by atoms with van der Waals surface area (Å²) in [5, 5.41) is 24.7. The smallest absolute Gasteiger partial charge is 0.269 e. The Balaban J connectivity index is 2.05. The molecule has 0 fully saturated rings. The molecule has 120 valence electrons. The molecule has 0 atom stereocenters. The average Bonchev–Trinajstić information content (AvgIpc) is 2.57. The number of benzene rings is 1. The number of aromatic nitrogens is 2.